The van der Waals surface area contributed by atoms with Crippen LogP contribution in [-0.4, -0.2) is 23.9 Å². The Morgan fingerprint density at radius 2 is 0.647 bits per heavy atom. The molecule has 0 nitrogen and oxygen atoms in total. The standard InChI is InChI=1S/C8H9F9/c1-4(9,10)7(5(2,11)12,6(3,13)14)8(15,16)17/h1-3H3. The number of hydrogen-bond acceptors (Lipinski definition) is 0. The van der Waals surface area contributed by atoms with Gasteiger partial charge in [-0.05, 0) is 0 Å². The molecule has 0 saturated heterocycles. The Morgan fingerprint density at radius 1 is 0.471 bits per heavy atom. The highest BCUT2D eigenvalue weighted by molar-refractivity contribution is 5.10. The van der Waals surface area contributed by atoms with Gasteiger partial charge in [0.2, 0.25) is 0 Å². The maximum atomic E-state index is 12.8. The highest BCUT2D eigenvalue weighted by Gasteiger charge is 2.86. The summed E-state index contributed by atoms with van der Waals surface area (Å²) in [6.45, 7) is -1.81. The van der Waals surface area contributed by atoms with Crippen molar-refractivity contribution in [3.05, 3.63) is 0 Å². The Labute approximate surface area is 90.8 Å². The fourth-order valence-electron chi connectivity index (χ4n) is 1.90. The van der Waals surface area contributed by atoms with Crippen LogP contribution in [0.1, 0.15) is 20.8 Å². The molecule has 104 valence electrons. The smallest absolute Gasteiger partial charge is 0.206 e. The zero-order chi connectivity index (χ0) is 14.5. The van der Waals surface area contributed by atoms with Crippen LogP contribution in [0.4, 0.5) is 39.5 Å². The summed E-state index contributed by atoms with van der Waals surface area (Å²) in [6.07, 6.45) is -6.48. The van der Waals surface area contributed by atoms with E-state index in [0.29, 0.717) is 0 Å². The Bertz CT molecular complexity index is 210. The molecule has 0 unspecified atom stereocenters. The first-order chi connectivity index (χ1) is 7.00. The van der Waals surface area contributed by atoms with Gasteiger partial charge in [-0.2, -0.15) is 13.2 Å². The fraction of sp³-hybridized carbons (Fsp3) is 1.00. The summed E-state index contributed by atoms with van der Waals surface area (Å²) < 4.78 is 114. The van der Waals surface area contributed by atoms with Gasteiger partial charge in [0.05, 0.1) is 0 Å². The molecule has 0 aromatic heterocycles. The van der Waals surface area contributed by atoms with E-state index in [0.717, 1.165) is 0 Å². The van der Waals surface area contributed by atoms with Gasteiger partial charge < -0.3 is 0 Å². The monoisotopic (exact) mass is 276 g/mol. The average Bonchev–Trinajstić information content (AvgIpc) is 1.67. The minimum absolute atomic E-state index is 0.602. The zero-order valence-corrected chi connectivity index (χ0v) is 8.90. The third-order valence-corrected chi connectivity index (χ3v) is 2.40. The van der Waals surface area contributed by atoms with E-state index in [2.05, 4.69) is 0 Å². The molecule has 0 bridgehead atoms. The molecule has 0 aliphatic carbocycles. The van der Waals surface area contributed by atoms with E-state index in [-0.39, 0.29) is 0 Å². The fourth-order valence-corrected chi connectivity index (χ4v) is 1.90. The first-order valence-corrected chi connectivity index (χ1v) is 4.20. The zero-order valence-electron chi connectivity index (χ0n) is 8.90. The number of alkyl halides is 9. The Kier molecular flexibility index (Phi) is 3.54. The Balaban J connectivity index is 6.37. The molecule has 0 heterocycles. The molecule has 9 heteroatoms. The van der Waals surface area contributed by atoms with E-state index in [1.807, 2.05) is 0 Å². The molecule has 0 spiro atoms. The number of rotatable bonds is 3. The summed E-state index contributed by atoms with van der Waals surface area (Å²) in [4.78, 5) is 0. The first-order valence-electron chi connectivity index (χ1n) is 4.20. The van der Waals surface area contributed by atoms with Gasteiger partial charge in [-0.3, -0.25) is 0 Å². The van der Waals surface area contributed by atoms with Crippen LogP contribution in [0, 0.1) is 5.41 Å². The van der Waals surface area contributed by atoms with Crippen LogP contribution < -0.4 is 0 Å². The van der Waals surface area contributed by atoms with E-state index in [4.69, 9.17) is 0 Å². The predicted molar refractivity (Wildman–Crippen MR) is 40.4 cm³/mol. The van der Waals surface area contributed by atoms with Crippen LogP contribution in [-0.2, 0) is 0 Å². The minimum Gasteiger partial charge on any atom is -0.206 e. The van der Waals surface area contributed by atoms with E-state index in [1.165, 1.54) is 0 Å². The normalized spacial score (nSPS) is 16.2. The lowest BCUT2D eigenvalue weighted by Crippen LogP contribution is -2.68. The average molecular weight is 276 g/mol. The molecule has 17 heavy (non-hydrogen) atoms. The predicted octanol–water partition coefficient (Wildman–Crippen LogP) is 4.50. The van der Waals surface area contributed by atoms with E-state index in [1.54, 1.807) is 0 Å². The summed E-state index contributed by atoms with van der Waals surface area (Å²) in [5, 5.41) is 0. The molecule has 0 N–H and O–H groups in total. The summed E-state index contributed by atoms with van der Waals surface area (Å²) in [5.74, 6) is -16.1. The Morgan fingerprint density at radius 3 is 0.647 bits per heavy atom. The molecule has 0 aromatic carbocycles. The van der Waals surface area contributed by atoms with Crippen molar-refractivity contribution in [3.8, 4) is 0 Å². The highest BCUT2D eigenvalue weighted by Crippen LogP contribution is 2.64. The van der Waals surface area contributed by atoms with Gasteiger partial charge in [-0.1, -0.05) is 0 Å². The van der Waals surface area contributed by atoms with E-state index in [9.17, 15) is 39.5 Å². The van der Waals surface area contributed by atoms with Crippen molar-refractivity contribution >= 4 is 0 Å². The van der Waals surface area contributed by atoms with Crippen molar-refractivity contribution in [2.45, 2.75) is 44.7 Å². The van der Waals surface area contributed by atoms with Crippen molar-refractivity contribution < 1.29 is 39.5 Å². The SMILES string of the molecule is CC(F)(F)C(C(C)(F)F)(C(C)(F)F)C(F)(F)F. The summed E-state index contributed by atoms with van der Waals surface area (Å²) in [5.41, 5.74) is -5.75. The van der Waals surface area contributed by atoms with Gasteiger partial charge in [0, 0.05) is 20.8 Å². The molecule has 0 fully saturated rings. The maximum absolute atomic E-state index is 12.8. The molecule has 0 atom stereocenters. The number of halogens is 9. The second kappa shape index (κ2) is 3.68. The highest BCUT2D eigenvalue weighted by atomic mass is 19.4. The number of hydrogen-bond donors (Lipinski definition) is 0. The van der Waals surface area contributed by atoms with Crippen molar-refractivity contribution in [1.29, 1.82) is 0 Å². The lowest BCUT2D eigenvalue weighted by atomic mass is 9.70. The van der Waals surface area contributed by atoms with Crippen LogP contribution in [0.25, 0.3) is 0 Å². The third-order valence-electron chi connectivity index (χ3n) is 2.40. The van der Waals surface area contributed by atoms with Crippen LogP contribution in [0.2, 0.25) is 0 Å². The lowest BCUT2D eigenvalue weighted by Gasteiger charge is -2.46. The van der Waals surface area contributed by atoms with Crippen molar-refractivity contribution in [2.75, 3.05) is 0 Å². The van der Waals surface area contributed by atoms with Gasteiger partial charge in [0.15, 0.2) is 0 Å². The molecule has 0 aromatic rings. The third kappa shape index (κ3) is 2.20. The van der Waals surface area contributed by atoms with Crippen LogP contribution >= 0.6 is 0 Å². The van der Waals surface area contributed by atoms with Crippen LogP contribution in [0.5, 0.6) is 0 Å². The second-order valence-corrected chi connectivity index (χ2v) is 3.91. The summed E-state index contributed by atoms with van der Waals surface area (Å²) >= 11 is 0. The second-order valence-electron chi connectivity index (χ2n) is 3.91. The minimum atomic E-state index is -6.48. The van der Waals surface area contributed by atoms with Gasteiger partial charge >= 0.3 is 6.18 Å². The quantitative estimate of drug-likeness (QED) is 0.666. The largest absolute Gasteiger partial charge is 0.412 e. The topological polar surface area (TPSA) is 0 Å². The maximum Gasteiger partial charge on any atom is 0.412 e. The van der Waals surface area contributed by atoms with Gasteiger partial charge in [0.25, 0.3) is 23.2 Å². The molecule has 0 radical (unpaired) electrons. The molecular weight excluding hydrogens is 267 g/mol. The van der Waals surface area contributed by atoms with Crippen molar-refractivity contribution in [1.82, 2.24) is 0 Å². The molecule has 0 amide bonds. The molecule has 0 aliphatic heterocycles. The van der Waals surface area contributed by atoms with Gasteiger partial charge in [-0.25, -0.2) is 26.3 Å². The van der Waals surface area contributed by atoms with E-state index < -0.39 is 50.1 Å². The molecule has 0 aliphatic rings. The lowest BCUT2D eigenvalue weighted by molar-refractivity contribution is -0.415. The van der Waals surface area contributed by atoms with Gasteiger partial charge in [0.1, 0.15) is 0 Å². The van der Waals surface area contributed by atoms with Crippen molar-refractivity contribution in [2.24, 2.45) is 5.41 Å². The molecular formula is C8H9F9. The van der Waals surface area contributed by atoms with E-state index >= 15 is 0 Å². The first kappa shape index (κ1) is 16.4. The van der Waals surface area contributed by atoms with Crippen LogP contribution in [0.15, 0.2) is 0 Å². The Hall–Kier alpha value is -0.630. The summed E-state index contributed by atoms with van der Waals surface area (Å²) in [7, 11) is 0. The van der Waals surface area contributed by atoms with Crippen molar-refractivity contribution in [3.63, 3.8) is 0 Å². The molecule has 0 saturated carbocycles. The summed E-state index contributed by atoms with van der Waals surface area (Å²) in [6, 6.07) is 0. The molecule has 0 rings (SSSR count). The van der Waals surface area contributed by atoms with Crippen LogP contribution in [0.3, 0.4) is 0 Å². The van der Waals surface area contributed by atoms with Gasteiger partial charge in [-0.15, -0.1) is 0 Å².